The Morgan fingerprint density at radius 3 is 2.00 bits per heavy atom. The molecule has 88 valence electrons. The van der Waals surface area contributed by atoms with Crippen molar-refractivity contribution >= 4 is 17.3 Å². The van der Waals surface area contributed by atoms with E-state index in [1.165, 1.54) is 5.56 Å². The van der Waals surface area contributed by atoms with Gasteiger partial charge in [0.05, 0.1) is 0 Å². The molecule has 0 spiro atoms. The normalized spacial score (nSPS) is 12.1. The molecule has 2 rings (SSSR count). The summed E-state index contributed by atoms with van der Waals surface area (Å²) in [6.45, 7) is 2.83. The van der Waals surface area contributed by atoms with Gasteiger partial charge in [-0.3, -0.25) is 0 Å². The van der Waals surface area contributed by atoms with Crippen LogP contribution in [-0.2, 0) is 6.54 Å². The third kappa shape index (κ3) is 3.24. The maximum absolute atomic E-state index is 6.25. The highest BCUT2D eigenvalue weighted by Crippen LogP contribution is 2.21. The second-order valence-corrected chi connectivity index (χ2v) is 4.65. The summed E-state index contributed by atoms with van der Waals surface area (Å²) in [4.78, 5) is 2.18. The van der Waals surface area contributed by atoms with Gasteiger partial charge in [0.15, 0.2) is 0 Å². The van der Waals surface area contributed by atoms with Gasteiger partial charge in [-0.1, -0.05) is 60.1 Å². The summed E-state index contributed by atoms with van der Waals surface area (Å²) in [5, 5.41) is 0. The van der Waals surface area contributed by atoms with E-state index in [2.05, 4.69) is 41.3 Å². The Morgan fingerprint density at radius 1 is 0.941 bits per heavy atom. The Morgan fingerprint density at radius 2 is 1.47 bits per heavy atom. The van der Waals surface area contributed by atoms with E-state index >= 15 is 0 Å². The summed E-state index contributed by atoms with van der Waals surface area (Å²) in [7, 11) is 0. The van der Waals surface area contributed by atoms with Gasteiger partial charge in [0.2, 0.25) is 0 Å². The van der Waals surface area contributed by atoms with Crippen molar-refractivity contribution in [3.8, 4) is 0 Å². The molecule has 0 fully saturated rings. The number of nitrogens with zero attached hydrogens (tertiary/aromatic N) is 1. The highest BCUT2D eigenvalue weighted by Gasteiger charge is 2.11. The van der Waals surface area contributed by atoms with Crippen LogP contribution in [0.15, 0.2) is 60.7 Å². The van der Waals surface area contributed by atoms with Crippen molar-refractivity contribution in [1.82, 2.24) is 0 Å². The molecule has 0 radical (unpaired) electrons. The molecule has 17 heavy (non-hydrogen) atoms. The molecular weight excluding hydrogens is 230 g/mol. The highest BCUT2D eigenvalue weighted by atomic mass is 35.5. The summed E-state index contributed by atoms with van der Waals surface area (Å²) in [5.41, 5.74) is 2.39. The van der Waals surface area contributed by atoms with E-state index in [-0.39, 0.29) is 5.50 Å². The van der Waals surface area contributed by atoms with Crippen molar-refractivity contribution in [1.29, 1.82) is 0 Å². The molecule has 2 heteroatoms. The molecule has 0 heterocycles. The maximum atomic E-state index is 6.25. The Kier molecular flexibility index (Phi) is 4.05. The average molecular weight is 246 g/mol. The van der Waals surface area contributed by atoms with E-state index in [1.54, 1.807) is 0 Å². The Labute approximate surface area is 108 Å². The van der Waals surface area contributed by atoms with Crippen LogP contribution in [0.3, 0.4) is 0 Å². The highest BCUT2D eigenvalue weighted by molar-refractivity contribution is 6.21. The molecule has 2 aromatic rings. The lowest BCUT2D eigenvalue weighted by molar-refractivity contribution is 0.784. The molecule has 0 saturated carbocycles. The van der Waals surface area contributed by atoms with Crippen LogP contribution in [0.25, 0.3) is 0 Å². The van der Waals surface area contributed by atoms with E-state index < -0.39 is 0 Å². The third-order valence-corrected chi connectivity index (χ3v) is 2.95. The van der Waals surface area contributed by atoms with Crippen molar-refractivity contribution in [2.24, 2.45) is 0 Å². The van der Waals surface area contributed by atoms with Gasteiger partial charge in [0.1, 0.15) is 5.50 Å². The molecule has 1 nitrogen and oxygen atoms in total. The molecule has 0 aliphatic carbocycles. The van der Waals surface area contributed by atoms with E-state index in [0.29, 0.717) is 0 Å². The average Bonchev–Trinajstić information content (AvgIpc) is 2.38. The molecule has 0 aromatic heterocycles. The summed E-state index contributed by atoms with van der Waals surface area (Å²) in [5.74, 6) is 0. The fourth-order valence-electron chi connectivity index (χ4n) is 1.82. The summed E-state index contributed by atoms with van der Waals surface area (Å²) in [6.07, 6.45) is 0. The molecule has 0 saturated heterocycles. The van der Waals surface area contributed by atoms with Gasteiger partial charge in [0.25, 0.3) is 0 Å². The fraction of sp³-hybridized carbons (Fsp3) is 0.200. The summed E-state index contributed by atoms with van der Waals surface area (Å²) < 4.78 is 0. The monoisotopic (exact) mass is 245 g/mol. The predicted octanol–water partition coefficient (Wildman–Crippen LogP) is 4.28. The molecule has 1 unspecified atom stereocenters. The van der Waals surface area contributed by atoms with E-state index in [0.717, 1.165) is 12.2 Å². The van der Waals surface area contributed by atoms with Gasteiger partial charge in [-0.25, -0.2) is 0 Å². The number of rotatable bonds is 4. The molecule has 0 amide bonds. The zero-order valence-electron chi connectivity index (χ0n) is 9.88. The lowest BCUT2D eigenvalue weighted by Crippen LogP contribution is -2.28. The second-order valence-electron chi connectivity index (χ2n) is 4.02. The van der Waals surface area contributed by atoms with E-state index in [4.69, 9.17) is 11.6 Å². The first-order valence-electron chi connectivity index (χ1n) is 5.77. The van der Waals surface area contributed by atoms with Crippen molar-refractivity contribution in [3.63, 3.8) is 0 Å². The van der Waals surface area contributed by atoms with Crippen LogP contribution in [0.1, 0.15) is 12.5 Å². The second kappa shape index (κ2) is 5.74. The van der Waals surface area contributed by atoms with Crippen molar-refractivity contribution in [3.05, 3.63) is 66.2 Å². The van der Waals surface area contributed by atoms with Gasteiger partial charge in [0, 0.05) is 12.2 Å². The minimum atomic E-state index is -0.0300. The van der Waals surface area contributed by atoms with Crippen LogP contribution >= 0.6 is 11.6 Å². The largest absolute Gasteiger partial charge is 0.351 e. The predicted molar refractivity (Wildman–Crippen MR) is 74.4 cm³/mol. The first kappa shape index (κ1) is 12.0. The summed E-state index contributed by atoms with van der Waals surface area (Å²) in [6, 6.07) is 20.6. The molecular formula is C15H16ClN. The molecule has 0 aliphatic rings. The Bertz CT molecular complexity index is 439. The molecule has 1 atom stereocenters. The van der Waals surface area contributed by atoms with Gasteiger partial charge < -0.3 is 4.90 Å². The number of hydrogen-bond acceptors (Lipinski definition) is 1. The van der Waals surface area contributed by atoms with Gasteiger partial charge in [-0.2, -0.15) is 0 Å². The van der Waals surface area contributed by atoms with Crippen LogP contribution in [0.5, 0.6) is 0 Å². The van der Waals surface area contributed by atoms with Crippen LogP contribution in [0.4, 0.5) is 5.69 Å². The number of para-hydroxylation sites is 1. The first-order valence-corrected chi connectivity index (χ1v) is 6.20. The van der Waals surface area contributed by atoms with Crippen molar-refractivity contribution in [2.75, 3.05) is 4.90 Å². The topological polar surface area (TPSA) is 3.24 Å². The zero-order valence-corrected chi connectivity index (χ0v) is 10.6. The molecule has 2 aromatic carbocycles. The number of benzene rings is 2. The van der Waals surface area contributed by atoms with Gasteiger partial charge in [-0.05, 0) is 24.6 Å². The number of halogens is 1. The maximum Gasteiger partial charge on any atom is 0.101 e. The van der Waals surface area contributed by atoms with Crippen LogP contribution in [0.2, 0.25) is 0 Å². The lowest BCUT2D eigenvalue weighted by Gasteiger charge is -2.27. The molecule has 0 aliphatic heterocycles. The molecule has 0 bridgehead atoms. The smallest absolute Gasteiger partial charge is 0.101 e. The van der Waals surface area contributed by atoms with Gasteiger partial charge in [-0.15, -0.1) is 0 Å². The number of hydrogen-bond donors (Lipinski definition) is 0. The van der Waals surface area contributed by atoms with E-state index in [9.17, 15) is 0 Å². The SMILES string of the molecule is CC(Cl)N(Cc1ccccc1)c1ccccc1. The fourth-order valence-corrected chi connectivity index (χ4v) is 2.00. The minimum absolute atomic E-state index is 0.0300. The standard InChI is InChI=1S/C15H16ClN/c1-13(16)17(15-10-6-3-7-11-15)12-14-8-4-2-5-9-14/h2-11,13H,12H2,1H3. The van der Waals surface area contributed by atoms with Crippen LogP contribution in [0, 0.1) is 0 Å². The quantitative estimate of drug-likeness (QED) is 0.574. The third-order valence-electron chi connectivity index (χ3n) is 2.71. The van der Waals surface area contributed by atoms with Crippen LogP contribution in [-0.4, -0.2) is 5.50 Å². The van der Waals surface area contributed by atoms with E-state index in [1.807, 2.05) is 31.2 Å². The van der Waals surface area contributed by atoms with Crippen LogP contribution < -0.4 is 4.90 Å². The van der Waals surface area contributed by atoms with Crippen molar-refractivity contribution in [2.45, 2.75) is 19.0 Å². The number of alkyl halides is 1. The zero-order chi connectivity index (χ0) is 12.1. The Balaban J connectivity index is 2.20. The van der Waals surface area contributed by atoms with Crippen molar-refractivity contribution < 1.29 is 0 Å². The first-order chi connectivity index (χ1) is 8.27. The summed E-state index contributed by atoms with van der Waals surface area (Å²) >= 11 is 6.25. The Hall–Kier alpha value is -1.47. The number of anilines is 1. The lowest BCUT2D eigenvalue weighted by atomic mass is 10.2. The molecule has 0 N–H and O–H groups in total. The minimum Gasteiger partial charge on any atom is -0.351 e. The van der Waals surface area contributed by atoms with Gasteiger partial charge >= 0.3 is 0 Å².